The van der Waals surface area contributed by atoms with Crippen LogP contribution in [0.5, 0.6) is 0 Å². The molecule has 0 radical (unpaired) electrons. The Labute approximate surface area is 297 Å². The fraction of sp³-hybridized carbons (Fsp3) is 0.615. The molecular formula is C39H54N10O. The van der Waals surface area contributed by atoms with Gasteiger partial charge in [0.2, 0.25) is 0 Å². The quantitative estimate of drug-likeness (QED) is 0.344. The monoisotopic (exact) mass is 678 g/mol. The fourth-order valence-electron chi connectivity index (χ4n) is 8.84. The Morgan fingerprint density at radius 1 is 0.980 bits per heavy atom. The van der Waals surface area contributed by atoms with Crippen LogP contribution in [0.15, 0.2) is 30.5 Å². The van der Waals surface area contributed by atoms with Crippen LogP contribution in [0.4, 0.5) is 16.4 Å². The van der Waals surface area contributed by atoms with Crippen LogP contribution in [-0.2, 0) is 6.42 Å². The highest BCUT2D eigenvalue weighted by Gasteiger charge is 2.36. The Bertz CT molecular complexity index is 1690. The minimum Gasteiger partial charge on any atom is -0.362 e. The number of likely N-dealkylation sites (tertiary alicyclic amines) is 2. The van der Waals surface area contributed by atoms with Crippen LogP contribution in [0.25, 0.3) is 10.8 Å². The highest BCUT2D eigenvalue weighted by molar-refractivity contribution is 5.94. The Balaban J connectivity index is 0.924. The van der Waals surface area contributed by atoms with Crippen LogP contribution in [0.3, 0.4) is 0 Å². The van der Waals surface area contributed by atoms with E-state index in [9.17, 15) is 10.1 Å². The van der Waals surface area contributed by atoms with E-state index in [0.717, 1.165) is 83.8 Å². The van der Waals surface area contributed by atoms with Gasteiger partial charge in [-0.25, -0.2) is 9.78 Å². The van der Waals surface area contributed by atoms with Crippen molar-refractivity contribution in [3.05, 3.63) is 52.8 Å². The summed E-state index contributed by atoms with van der Waals surface area (Å²) in [5.74, 6) is 2.31. The number of carbonyl (C=O) groups is 1. The maximum atomic E-state index is 13.6. The first-order chi connectivity index (χ1) is 24.3. The van der Waals surface area contributed by atoms with E-state index in [1.165, 1.54) is 58.4 Å². The predicted molar refractivity (Wildman–Crippen MR) is 198 cm³/mol. The van der Waals surface area contributed by atoms with Crippen LogP contribution in [0, 0.1) is 36.5 Å². The molecule has 2 aromatic heterocycles. The first-order valence-corrected chi connectivity index (χ1v) is 18.9. The second-order valence-electron chi connectivity index (χ2n) is 15.3. The SMILES string of the molecule is Cc1c(CC#N)cccc1[C@@H](C)Nc1nnc(C)c2cnc(N3CCN(C(=O)N4CCC(CN5CCC6(CCNCC6)CC5)CC4)CC3)cc12. The van der Waals surface area contributed by atoms with Crippen molar-refractivity contribution < 1.29 is 4.79 Å². The highest BCUT2D eigenvalue weighted by Crippen LogP contribution is 2.40. The molecule has 2 N–H and O–H groups in total. The van der Waals surface area contributed by atoms with Gasteiger partial charge in [-0.05, 0) is 120 Å². The van der Waals surface area contributed by atoms with E-state index in [1.54, 1.807) is 0 Å². The Kier molecular flexibility index (Phi) is 10.4. The molecule has 1 spiro atoms. The topological polar surface area (TPSA) is 117 Å². The van der Waals surface area contributed by atoms with Crippen LogP contribution in [0.2, 0.25) is 0 Å². The second kappa shape index (κ2) is 15.1. The molecule has 7 rings (SSSR count). The van der Waals surface area contributed by atoms with E-state index in [2.05, 4.69) is 67.6 Å². The number of urea groups is 1. The minimum absolute atomic E-state index is 0.0263. The van der Waals surface area contributed by atoms with Crippen LogP contribution >= 0.6 is 0 Å². The van der Waals surface area contributed by atoms with Gasteiger partial charge in [0.1, 0.15) is 5.82 Å². The maximum Gasteiger partial charge on any atom is 0.320 e. The number of nitrogens with one attached hydrogen (secondary N) is 2. The maximum absolute atomic E-state index is 13.6. The number of piperazine rings is 1. The summed E-state index contributed by atoms with van der Waals surface area (Å²) in [7, 11) is 0. The van der Waals surface area contributed by atoms with E-state index in [1.807, 2.05) is 30.2 Å². The van der Waals surface area contributed by atoms with Crippen molar-refractivity contribution in [3.63, 3.8) is 0 Å². The highest BCUT2D eigenvalue weighted by atomic mass is 16.2. The molecule has 11 heteroatoms. The van der Waals surface area contributed by atoms with E-state index in [4.69, 9.17) is 4.98 Å². The van der Waals surface area contributed by atoms with Crippen molar-refractivity contribution in [2.24, 2.45) is 11.3 Å². The lowest BCUT2D eigenvalue weighted by atomic mass is 9.71. The van der Waals surface area contributed by atoms with Gasteiger partial charge in [0.25, 0.3) is 0 Å². The molecule has 0 bridgehead atoms. The molecule has 6 heterocycles. The zero-order chi connectivity index (χ0) is 34.7. The summed E-state index contributed by atoms with van der Waals surface area (Å²) in [6.45, 7) is 16.9. The van der Waals surface area contributed by atoms with Crippen molar-refractivity contribution in [1.82, 2.24) is 35.2 Å². The summed E-state index contributed by atoms with van der Waals surface area (Å²) >= 11 is 0. The molecule has 266 valence electrons. The van der Waals surface area contributed by atoms with Gasteiger partial charge in [-0.1, -0.05) is 18.2 Å². The number of hydrogen-bond donors (Lipinski definition) is 2. The van der Waals surface area contributed by atoms with Crippen LogP contribution in [0.1, 0.15) is 73.9 Å². The lowest BCUT2D eigenvalue weighted by Gasteiger charge is -2.46. The van der Waals surface area contributed by atoms with E-state index >= 15 is 0 Å². The van der Waals surface area contributed by atoms with Crippen molar-refractivity contribution in [1.29, 1.82) is 5.26 Å². The Morgan fingerprint density at radius 2 is 1.70 bits per heavy atom. The van der Waals surface area contributed by atoms with Crippen molar-refractivity contribution in [3.8, 4) is 6.07 Å². The van der Waals surface area contributed by atoms with Crippen LogP contribution in [-0.4, -0.2) is 108 Å². The average Bonchev–Trinajstić information content (AvgIpc) is 3.15. The van der Waals surface area contributed by atoms with Gasteiger partial charge in [0.15, 0.2) is 5.82 Å². The first kappa shape index (κ1) is 34.4. The third-order valence-corrected chi connectivity index (χ3v) is 12.3. The largest absolute Gasteiger partial charge is 0.362 e. The van der Waals surface area contributed by atoms with E-state index < -0.39 is 0 Å². The zero-order valence-electron chi connectivity index (χ0n) is 30.3. The molecule has 1 atom stereocenters. The number of aryl methyl sites for hydroxylation is 1. The number of aromatic nitrogens is 3. The predicted octanol–water partition coefficient (Wildman–Crippen LogP) is 5.30. The van der Waals surface area contributed by atoms with Crippen molar-refractivity contribution >= 4 is 28.4 Å². The van der Waals surface area contributed by atoms with Crippen LogP contribution < -0.4 is 15.5 Å². The summed E-state index contributed by atoms with van der Waals surface area (Å²) in [4.78, 5) is 27.5. The molecule has 1 aromatic carbocycles. The summed E-state index contributed by atoms with van der Waals surface area (Å²) in [6, 6.07) is 10.7. The Hall–Kier alpha value is -4.01. The number of piperidine rings is 3. The van der Waals surface area contributed by atoms with Crippen molar-refractivity contribution in [2.75, 3.05) is 82.2 Å². The number of amides is 2. The summed E-state index contributed by atoms with van der Waals surface area (Å²) in [6.07, 6.45) is 9.94. The number of rotatable bonds is 7. The average molecular weight is 679 g/mol. The molecule has 4 aliphatic heterocycles. The number of pyridine rings is 1. The molecule has 50 heavy (non-hydrogen) atoms. The molecule has 3 aromatic rings. The molecule has 2 amide bonds. The minimum atomic E-state index is -0.0263. The summed E-state index contributed by atoms with van der Waals surface area (Å²) in [5.41, 5.74) is 4.75. The molecule has 0 aliphatic carbocycles. The molecule has 0 saturated carbocycles. The number of nitriles is 1. The van der Waals surface area contributed by atoms with Gasteiger partial charge in [-0.3, -0.25) is 0 Å². The molecule has 4 saturated heterocycles. The van der Waals surface area contributed by atoms with E-state index in [0.29, 0.717) is 30.8 Å². The number of carbonyl (C=O) groups excluding carboxylic acids is 1. The third kappa shape index (κ3) is 7.38. The van der Waals surface area contributed by atoms with Gasteiger partial charge in [0.05, 0.1) is 24.2 Å². The Morgan fingerprint density at radius 3 is 2.42 bits per heavy atom. The molecule has 4 aliphatic rings. The summed E-state index contributed by atoms with van der Waals surface area (Å²) in [5, 5.41) is 27.3. The lowest BCUT2D eigenvalue weighted by Crippen LogP contribution is -2.54. The second-order valence-corrected chi connectivity index (χ2v) is 15.3. The third-order valence-electron chi connectivity index (χ3n) is 12.3. The molecule has 4 fully saturated rings. The van der Waals surface area contributed by atoms with Gasteiger partial charge in [-0.2, -0.15) is 10.4 Å². The van der Waals surface area contributed by atoms with Crippen molar-refractivity contribution in [2.45, 2.75) is 71.8 Å². The first-order valence-electron chi connectivity index (χ1n) is 18.9. The van der Waals surface area contributed by atoms with Gasteiger partial charge >= 0.3 is 6.03 Å². The number of anilines is 2. The van der Waals surface area contributed by atoms with Gasteiger partial charge < -0.3 is 30.2 Å². The standard InChI is InChI=1S/C39H54N10O/c1-28-32(7-14-40)5-4-6-33(28)29(2)43-37-34-25-36(42-26-35(34)30(3)44-45-37)47-21-23-49(24-22-47)38(50)48-17-8-31(9-18-48)27-46-19-12-39(13-20-46)10-15-41-16-11-39/h4-6,25-26,29,31,41H,7-13,15-24,27H2,1-3H3,(H,43,45)/t29-/m1/s1. The molecular weight excluding hydrogens is 624 g/mol. The number of fused-ring (bicyclic) bond motifs is 1. The number of nitrogens with zero attached hydrogens (tertiary/aromatic N) is 8. The summed E-state index contributed by atoms with van der Waals surface area (Å²) < 4.78 is 0. The molecule has 11 nitrogen and oxygen atoms in total. The lowest BCUT2D eigenvalue weighted by molar-refractivity contribution is 0.0562. The molecule has 0 unspecified atom stereocenters. The fourth-order valence-corrected chi connectivity index (χ4v) is 8.84. The van der Waals surface area contributed by atoms with Gasteiger partial charge in [-0.15, -0.1) is 5.10 Å². The zero-order valence-corrected chi connectivity index (χ0v) is 30.3. The normalized spacial score (nSPS) is 21.0. The van der Waals surface area contributed by atoms with E-state index in [-0.39, 0.29) is 12.1 Å². The van der Waals surface area contributed by atoms with Gasteiger partial charge in [0, 0.05) is 62.8 Å². The smallest absolute Gasteiger partial charge is 0.320 e. The number of hydrogen-bond acceptors (Lipinski definition) is 9. The number of benzene rings is 1.